The summed E-state index contributed by atoms with van der Waals surface area (Å²) in [5.74, 6) is -0.139. The van der Waals surface area contributed by atoms with E-state index < -0.39 is 17.6 Å². The van der Waals surface area contributed by atoms with Gasteiger partial charge in [0.05, 0.1) is 23.2 Å². The topological polar surface area (TPSA) is 69.0 Å². The van der Waals surface area contributed by atoms with Crippen molar-refractivity contribution in [3.05, 3.63) is 41.1 Å². The van der Waals surface area contributed by atoms with Crippen LogP contribution in [0.25, 0.3) is 22.6 Å². The molecule has 154 valence electrons. The van der Waals surface area contributed by atoms with Crippen molar-refractivity contribution in [1.82, 2.24) is 20.0 Å². The van der Waals surface area contributed by atoms with E-state index in [1.54, 1.807) is 24.6 Å². The number of carbonyl (C=O) groups is 1. The fraction of sp³-hybridized carbons (Fsp3) is 0.316. The molecule has 0 bridgehead atoms. The smallest absolute Gasteiger partial charge is 0.326 e. The SMILES string of the molecule is CCONC(=O)c1cc(C)c(SC)c(-c2nc3cc(C(F)(F)F)ccc3n2C)n1. The number of hydroxylamine groups is 1. The highest BCUT2D eigenvalue weighted by molar-refractivity contribution is 7.98. The van der Waals surface area contributed by atoms with E-state index in [0.29, 0.717) is 23.6 Å². The van der Waals surface area contributed by atoms with Gasteiger partial charge in [-0.3, -0.25) is 9.63 Å². The molecule has 0 spiro atoms. The molecule has 10 heteroatoms. The van der Waals surface area contributed by atoms with Gasteiger partial charge < -0.3 is 4.57 Å². The molecule has 0 radical (unpaired) electrons. The molecule has 0 atom stereocenters. The van der Waals surface area contributed by atoms with Crippen LogP contribution in [0.15, 0.2) is 29.2 Å². The highest BCUT2D eigenvalue weighted by Crippen LogP contribution is 2.35. The summed E-state index contributed by atoms with van der Waals surface area (Å²) in [5.41, 5.74) is 3.61. The molecule has 1 N–H and O–H groups in total. The number of pyridine rings is 1. The van der Waals surface area contributed by atoms with Crippen LogP contribution in [0.3, 0.4) is 0 Å². The Morgan fingerprint density at radius 2 is 2.00 bits per heavy atom. The Labute approximate surface area is 169 Å². The predicted molar refractivity (Wildman–Crippen MR) is 105 cm³/mol. The van der Waals surface area contributed by atoms with Crippen LogP contribution in [0.2, 0.25) is 0 Å². The number of fused-ring (bicyclic) bond motifs is 1. The lowest BCUT2D eigenvalue weighted by atomic mass is 10.2. The maximum atomic E-state index is 13.1. The molecule has 0 unspecified atom stereocenters. The molecule has 3 aromatic rings. The first-order valence-electron chi connectivity index (χ1n) is 8.69. The summed E-state index contributed by atoms with van der Waals surface area (Å²) in [6.45, 7) is 3.86. The molecule has 0 aliphatic heterocycles. The molecule has 1 aromatic carbocycles. The van der Waals surface area contributed by atoms with Crippen LogP contribution in [0.4, 0.5) is 13.2 Å². The van der Waals surface area contributed by atoms with Crippen LogP contribution >= 0.6 is 11.8 Å². The van der Waals surface area contributed by atoms with Crippen molar-refractivity contribution in [3.63, 3.8) is 0 Å². The van der Waals surface area contributed by atoms with Gasteiger partial charge in [0.15, 0.2) is 5.82 Å². The minimum Gasteiger partial charge on any atom is -0.326 e. The number of hydrogen-bond donors (Lipinski definition) is 1. The van der Waals surface area contributed by atoms with Crippen molar-refractivity contribution in [2.24, 2.45) is 7.05 Å². The third kappa shape index (κ3) is 4.08. The number of nitrogens with one attached hydrogen (secondary N) is 1. The zero-order chi connectivity index (χ0) is 21.3. The van der Waals surface area contributed by atoms with Crippen molar-refractivity contribution < 1.29 is 22.8 Å². The number of benzene rings is 1. The third-order valence-electron chi connectivity index (χ3n) is 4.32. The Kier molecular flexibility index (Phi) is 5.85. The zero-order valence-electron chi connectivity index (χ0n) is 16.2. The Bertz CT molecular complexity index is 1080. The van der Waals surface area contributed by atoms with E-state index in [1.165, 1.54) is 17.8 Å². The number of carbonyl (C=O) groups excluding carboxylic acids is 1. The van der Waals surface area contributed by atoms with Gasteiger partial charge in [-0.05, 0) is 49.9 Å². The predicted octanol–water partition coefficient (Wildman–Crippen LogP) is 4.37. The van der Waals surface area contributed by atoms with E-state index in [9.17, 15) is 18.0 Å². The summed E-state index contributed by atoms with van der Waals surface area (Å²) in [4.78, 5) is 26.8. The average molecular weight is 424 g/mol. The van der Waals surface area contributed by atoms with Crippen LogP contribution in [-0.4, -0.2) is 33.3 Å². The summed E-state index contributed by atoms with van der Waals surface area (Å²) in [5, 5.41) is 0. The first-order valence-corrected chi connectivity index (χ1v) is 9.91. The minimum absolute atomic E-state index is 0.131. The Balaban J connectivity index is 2.18. The first-order chi connectivity index (χ1) is 13.7. The van der Waals surface area contributed by atoms with Crippen molar-refractivity contribution in [2.75, 3.05) is 12.9 Å². The molecule has 0 saturated heterocycles. The quantitative estimate of drug-likeness (QED) is 0.487. The number of halogens is 3. The number of imidazole rings is 1. The molecule has 2 aromatic heterocycles. The molecule has 6 nitrogen and oxygen atoms in total. The molecule has 1 amide bonds. The first kappa shape index (κ1) is 21.1. The summed E-state index contributed by atoms with van der Waals surface area (Å²) >= 11 is 1.42. The van der Waals surface area contributed by atoms with Gasteiger partial charge in [-0.2, -0.15) is 13.2 Å². The molecule has 29 heavy (non-hydrogen) atoms. The molecule has 0 aliphatic carbocycles. The number of aromatic nitrogens is 3. The fourth-order valence-electron chi connectivity index (χ4n) is 2.96. The van der Waals surface area contributed by atoms with E-state index in [2.05, 4.69) is 15.4 Å². The van der Waals surface area contributed by atoms with Crippen LogP contribution in [0, 0.1) is 6.92 Å². The maximum Gasteiger partial charge on any atom is 0.416 e. The summed E-state index contributed by atoms with van der Waals surface area (Å²) < 4.78 is 40.8. The van der Waals surface area contributed by atoms with E-state index in [-0.39, 0.29) is 11.2 Å². The average Bonchev–Trinajstić information content (AvgIpc) is 3.00. The van der Waals surface area contributed by atoms with Gasteiger partial charge in [0.25, 0.3) is 5.91 Å². The lowest BCUT2D eigenvalue weighted by molar-refractivity contribution is -0.137. The lowest BCUT2D eigenvalue weighted by Gasteiger charge is -2.12. The Morgan fingerprint density at radius 3 is 2.62 bits per heavy atom. The second kappa shape index (κ2) is 8.03. The highest BCUT2D eigenvalue weighted by atomic mass is 32.2. The second-order valence-corrected chi connectivity index (χ2v) is 7.08. The highest BCUT2D eigenvalue weighted by Gasteiger charge is 2.31. The van der Waals surface area contributed by atoms with E-state index in [1.807, 2.05) is 13.2 Å². The molecule has 2 heterocycles. The van der Waals surface area contributed by atoms with E-state index >= 15 is 0 Å². The van der Waals surface area contributed by atoms with Gasteiger partial charge in [0, 0.05) is 11.9 Å². The number of hydrogen-bond acceptors (Lipinski definition) is 5. The number of thioether (sulfide) groups is 1. The van der Waals surface area contributed by atoms with Gasteiger partial charge in [0.2, 0.25) is 0 Å². The van der Waals surface area contributed by atoms with Crippen LogP contribution < -0.4 is 5.48 Å². The van der Waals surface area contributed by atoms with Gasteiger partial charge in [-0.25, -0.2) is 15.4 Å². The summed E-state index contributed by atoms with van der Waals surface area (Å²) in [6.07, 6.45) is -2.60. The van der Waals surface area contributed by atoms with E-state index in [4.69, 9.17) is 4.84 Å². The molecule has 3 rings (SSSR count). The van der Waals surface area contributed by atoms with Gasteiger partial charge >= 0.3 is 6.18 Å². The minimum atomic E-state index is -4.46. The molecular weight excluding hydrogens is 405 g/mol. The fourth-order valence-corrected chi connectivity index (χ4v) is 3.68. The van der Waals surface area contributed by atoms with Crippen LogP contribution in [-0.2, 0) is 18.1 Å². The number of rotatable bonds is 5. The molecule has 0 aliphatic rings. The van der Waals surface area contributed by atoms with Gasteiger partial charge in [0.1, 0.15) is 11.4 Å². The molecular formula is C19H19F3N4O2S. The number of alkyl halides is 3. The van der Waals surface area contributed by atoms with Gasteiger partial charge in [-0.15, -0.1) is 11.8 Å². The number of amides is 1. The van der Waals surface area contributed by atoms with E-state index in [0.717, 1.165) is 22.6 Å². The monoisotopic (exact) mass is 424 g/mol. The van der Waals surface area contributed by atoms with Crippen molar-refractivity contribution in [1.29, 1.82) is 0 Å². The third-order valence-corrected chi connectivity index (χ3v) is 5.25. The Morgan fingerprint density at radius 1 is 1.28 bits per heavy atom. The Hall–Kier alpha value is -2.59. The lowest BCUT2D eigenvalue weighted by Crippen LogP contribution is -2.25. The summed E-state index contributed by atoms with van der Waals surface area (Å²) in [6, 6.07) is 5.05. The number of aryl methyl sites for hydroxylation is 2. The van der Waals surface area contributed by atoms with Crippen molar-refractivity contribution >= 4 is 28.7 Å². The zero-order valence-corrected chi connectivity index (χ0v) is 17.0. The van der Waals surface area contributed by atoms with Crippen molar-refractivity contribution in [2.45, 2.75) is 24.9 Å². The normalized spacial score (nSPS) is 11.8. The second-order valence-electron chi connectivity index (χ2n) is 6.27. The van der Waals surface area contributed by atoms with Gasteiger partial charge in [-0.1, -0.05) is 0 Å². The molecule has 0 fully saturated rings. The molecule has 0 saturated carbocycles. The maximum absolute atomic E-state index is 13.1. The number of nitrogens with zero attached hydrogens (tertiary/aromatic N) is 3. The standard InChI is InChI=1S/C19H19F3N4O2S/c1-5-28-25-18(27)13-8-10(2)16(29-4)15(23-13)17-24-12-9-11(19(20,21)22)6-7-14(12)26(17)3/h6-9H,5H2,1-4H3,(H,25,27). The van der Waals surface area contributed by atoms with Crippen LogP contribution in [0.5, 0.6) is 0 Å². The van der Waals surface area contributed by atoms with Crippen LogP contribution in [0.1, 0.15) is 28.5 Å². The summed E-state index contributed by atoms with van der Waals surface area (Å²) in [7, 11) is 1.70. The largest absolute Gasteiger partial charge is 0.416 e. The van der Waals surface area contributed by atoms with Crippen molar-refractivity contribution in [3.8, 4) is 11.5 Å².